The van der Waals surface area contributed by atoms with Crippen LogP contribution in [0.3, 0.4) is 0 Å². The van der Waals surface area contributed by atoms with Crippen LogP contribution >= 0.6 is 0 Å². The molecule has 0 saturated carbocycles. The number of hydrogen-bond donors (Lipinski definition) is 1. The normalized spacial score (nSPS) is 20.8. The zero-order chi connectivity index (χ0) is 23.3. The highest BCUT2D eigenvalue weighted by atomic mass is 32.2. The van der Waals surface area contributed by atoms with Crippen LogP contribution in [0.2, 0.25) is 0 Å². The summed E-state index contributed by atoms with van der Waals surface area (Å²) < 4.78 is 79.1. The van der Waals surface area contributed by atoms with Crippen molar-refractivity contribution in [1.82, 2.24) is 4.98 Å². The third kappa shape index (κ3) is 4.18. The Morgan fingerprint density at radius 1 is 1.16 bits per heavy atom. The van der Waals surface area contributed by atoms with E-state index in [1.807, 2.05) is 6.92 Å². The molecular formula is C20H24F2N4O4S2. The first-order chi connectivity index (χ1) is 15.0. The average molecular weight is 487 g/mol. The molecule has 0 bridgehead atoms. The van der Waals surface area contributed by atoms with Crippen LogP contribution in [0.5, 0.6) is 0 Å². The number of rotatable bonds is 4. The Bertz CT molecular complexity index is 1250. The van der Waals surface area contributed by atoms with Gasteiger partial charge in [-0.1, -0.05) is 12.1 Å². The average Bonchev–Trinajstić information content (AvgIpc) is 2.72. The molecule has 12 heteroatoms. The van der Waals surface area contributed by atoms with Crippen molar-refractivity contribution < 1.29 is 25.6 Å². The fraction of sp³-hybridized carbons (Fsp3) is 0.450. The van der Waals surface area contributed by atoms with E-state index < -0.39 is 42.2 Å². The molecule has 8 nitrogen and oxygen atoms in total. The molecule has 0 amide bonds. The molecule has 174 valence electrons. The predicted octanol–water partition coefficient (Wildman–Crippen LogP) is 2.18. The lowest BCUT2D eigenvalue weighted by atomic mass is 10.0. The van der Waals surface area contributed by atoms with Gasteiger partial charge < -0.3 is 9.80 Å². The molecule has 1 aromatic heterocycles. The van der Waals surface area contributed by atoms with Crippen molar-refractivity contribution in [3.63, 3.8) is 0 Å². The van der Waals surface area contributed by atoms with Crippen LogP contribution in [0.25, 0.3) is 0 Å². The smallest absolute Gasteiger partial charge is 0.239 e. The van der Waals surface area contributed by atoms with Gasteiger partial charge in [0.05, 0.1) is 10.6 Å². The Labute approximate surface area is 186 Å². The van der Waals surface area contributed by atoms with E-state index >= 15 is 8.78 Å². The van der Waals surface area contributed by atoms with Crippen LogP contribution in [-0.4, -0.2) is 46.7 Å². The Hall–Kier alpha value is -2.31. The van der Waals surface area contributed by atoms with Gasteiger partial charge in [-0.25, -0.2) is 26.4 Å². The quantitative estimate of drug-likeness (QED) is 0.659. The minimum atomic E-state index is -4.04. The highest BCUT2D eigenvalue weighted by Gasteiger charge is 2.38. The first-order valence-corrected chi connectivity index (χ1v) is 13.4. The van der Waals surface area contributed by atoms with Crippen molar-refractivity contribution in [3.8, 4) is 0 Å². The second kappa shape index (κ2) is 8.23. The number of anilines is 2. The molecule has 1 aromatic carbocycles. The lowest BCUT2D eigenvalue weighted by molar-refractivity contribution is 0.456. The minimum absolute atomic E-state index is 0.0466. The predicted molar refractivity (Wildman–Crippen MR) is 116 cm³/mol. The van der Waals surface area contributed by atoms with Crippen LogP contribution in [0.4, 0.5) is 20.3 Å². The van der Waals surface area contributed by atoms with Crippen molar-refractivity contribution in [3.05, 3.63) is 41.6 Å². The van der Waals surface area contributed by atoms with E-state index in [2.05, 4.69) is 4.98 Å². The summed E-state index contributed by atoms with van der Waals surface area (Å²) in [5.41, 5.74) is 0.189. The Morgan fingerprint density at radius 2 is 1.84 bits per heavy atom. The van der Waals surface area contributed by atoms with E-state index in [9.17, 15) is 16.8 Å². The molecular weight excluding hydrogens is 462 g/mol. The van der Waals surface area contributed by atoms with Crippen LogP contribution < -0.4 is 14.9 Å². The Morgan fingerprint density at radius 3 is 2.47 bits per heavy atom. The molecule has 1 saturated heterocycles. The maximum atomic E-state index is 15.5. The molecule has 0 spiro atoms. The van der Waals surface area contributed by atoms with Gasteiger partial charge in [-0.3, -0.25) is 0 Å². The number of sulfonamides is 1. The molecule has 1 unspecified atom stereocenters. The monoisotopic (exact) mass is 486 g/mol. The number of piperidine rings is 1. The molecule has 1 fully saturated rings. The molecule has 0 aliphatic carbocycles. The van der Waals surface area contributed by atoms with Gasteiger partial charge in [0.2, 0.25) is 16.0 Å². The molecule has 4 rings (SSSR count). The van der Waals surface area contributed by atoms with Crippen molar-refractivity contribution >= 4 is 31.4 Å². The summed E-state index contributed by atoms with van der Waals surface area (Å²) in [5, 5.41) is 5.10. The number of pyridine rings is 1. The summed E-state index contributed by atoms with van der Waals surface area (Å²) in [6.07, 6.45) is 2.54. The van der Waals surface area contributed by atoms with Gasteiger partial charge in [-0.15, -0.1) is 0 Å². The van der Waals surface area contributed by atoms with Gasteiger partial charge in [-0.05, 0) is 43.9 Å². The summed E-state index contributed by atoms with van der Waals surface area (Å²) >= 11 is 0. The van der Waals surface area contributed by atoms with Gasteiger partial charge in [0.1, 0.15) is 10.6 Å². The zero-order valence-electron chi connectivity index (χ0n) is 17.5. The van der Waals surface area contributed by atoms with E-state index in [-0.39, 0.29) is 35.6 Å². The molecule has 2 aliphatic heterocycles. The molecule has 1 atom stereocenters. The second-order valence-corrected chi connectivity index (χ2v) is 11.8. The summed E-state index contributed by atoms with van der Waals surface area (Å²) in [6.45, 7) is 2.35. The fourth-order valence-electron chi connectivity index (χ4n) is 4.26. The topological polar surface area (TPSA) is 114 Å². The molecule has 2 aromatic rings. The molecule has 3 heterocycles. The van der Waals surface area contributed by atoms with Gasteiger partial charge >= 0.3 is 0 Å². The highest BCUT2D eigenvalue weighted by molar-refractivity contribution is 7.91. The van der Waals surface area contributed by atoms with Gasteiger partial charge in [-0.2, -0.15) is 9.37 Å². The number of halogens is 2. The SMILES string of the molecule is CC1CCCCN1c1nc(F)c2c(c1F)S(=O)(=O)CCN2Cc1ccc(S(N)(=O)=O)cc1. The number of aromatic nitrogens is 1. The fourth-order valence-corrected chi connectivity index (χ4v) is 6.31. The number of nitrogens with two attached hydrogens (primary N) is 1. The van der Waals surface area contributed by atoms with Gasteiger partial charge in [0.25, 0.3) is 0 Å². The number of fused-ring (bicyclic) bond motifs is 1. The number of primary sulfonamides is 1. The number of hydrogen-bond acceptors (Lipinski definition) is 7. The zero-order valence-corrected chi connectivity index (χ0v) is 19.1. The van der Waals surface area contributed by atoms with Gasteiger partial charge in [0, 0.05) is 25.7 Å². The summed E-state index contributed by atoms with van der Waals surface area (Å²) in [7, 11) is -7.91. The van der Waals surface area contributed by atoms with Crippen LogP contribution in [-0.2, 0) is 26.4 Å². The minimum Gasteiger partial charge on any atom is -0.361 e. The lowest BCUT2D eigenvalue weighted by Gasteiger charge is -2.36. The lowest BCUT2D eigenvalue weighted by Crippen LogP contribution is -2.41. The molecule has 2 aliphatic rings. The third-order valence-electron chi connectivity index (χ3n) is 5.97. The summed E-state index contributed by atoms with van der Waals surface area (Å²) in [4.78, 5) is 6.14. The summed E-state index contributed by atoms with van der Waals surface area (Å²) in [5.74, 6) is -2.70. The molecule has 32 heavy (non-hydrogen) atoms. The van der Waals surface area contributed by atoms with E-state index in [1.54, 1.807) is 4.90 Å². The maximum absolute atomic E-state index is 15.5. The standard InChI is InChI=1S/C20H24F2N4O4S2/c1-13-4-2-3-9-26(13)20-16(21)18-17(19(22)24-20)25(10-11-31(18,27)28)12-14-5-7-15(8-6-14)32(23,29)30/h5-8,13H,2-4,9-12H2,1H3,(H2,23,29,30). The van der Waals surface area contributed by atoms with E-state index in [1.165, 1.54) is 29.2 Å². The van der Waals surface area contributed by atoms with Crippen LogP contribution in [0.15, 0.2) is 34.1 Å². The Kier molecular flexibility index (Phi) is 5.88. The van der Waals surface area contributed by atoms with E-state index in [0.717, 1.165) is 19.3 Å². The first-order valence-electron chi connectivity index (χ1n) is 10.2. The van der Waals surface area contributed by atoms with Crippen molar-refractivity contribution in [2.45, 2.75) is 48.6 Å². The van der Waals surface area contributed by atoms with Crippen molar-refractivity contribution in [2.24, 2.45) is 5.14 Å². The Balaban J connectivity index is 1.75. The third-order valence-corrected chi connectivity index (χ3v) is 8.61. The van der Waals surface area contributed by atoms with Crippen molar-refractivity contribution in [1.29, 1.82) is 0 Å². The molecule has 0 radical (unpaired) electrons. The number of benzene rings is 1. The number of sulfone groups is 1. The maximum Gasteiger partial charge on any atom is 0.239 e. The second-order valence-electron chi connectivity index (χ2n) is 8.19. The van der Waals surface area contributed by atoms with Crippen LogP contribution in [0, 0.1) is 11.8 Å². The number of nitrogens with zero attached hydrogens (tertiary/aromatic N) is 3. The largest absolute Gasteiger partial charge is 0.361 e. The molecule has 2 N–H and O–H groups in total. The van der Waals surface area contributed by atoms with E-state index in [4.69, 9.17) is 5.14 Å². The van der Waals surface area contributed by atoms with Crippen LogP contribution in [0.1, 0.15) is 31.7 Å². The summed E-state index contributed by atoms with van der Waals surface area (Å²) in [6, 6.07) is 5.52. The van der Waals surface area contributed by atoms with Gasteiger partial charge in [0.15, 0.2) is 21.5 Å². The van der Waals surface area contributed by atoms with Crippen molar-refractivity contribution in [2.75, 3.05) is 28.6 Å². The first kappa shape index (κ1) is 22.9. The highest BCUT2D eigenvalue weighted by Crippen LogP contribution is 2.39. The van der Waals surface area contributed by atoms with E-state index in [0.29, 0.717) is 12.1 Å².